The Hall–Kier alpha value is -2.08. The fraction of sp³-hybridized carbons (Fsp3) is 0.467. The lowest BCUT2D eigenvalue weighted by Crippen LogP contribution is -2.52. The number of amides is 3. The van der Waals surface area contributed by atoms with E-state index in [0.29, 0.717) is 18.7 Å². The molecule has 0 aliphatic carbocycles. The summed E-state index contributed by atoms with van der Waals surface area (Å²) < 4.78 is 0. The van der Waals surface area contributed by atoms with E-state index in [1.54, 1.807) is 17.0 Å². The third-order valence-corrected chi connectivity index (χ3v) is 4.04. The maximum Gasteiger partial charge on any atom is 0.321 e. The first kappa shape index (κ1) is 13.9. The predicted molar refractivity (Wildman–Crippen MR) is 80.6 cm³/mol. The van der Waals surface area contributed by atoms with Gasteiger partial charge in [0.25, 0.3) is 5.91 Å². The number of piperazine rings is 1. The quantitative estimate of drug-likeness (QED) is 0.840. The van der Waals surface area contributed by atoms with Crippen molar-refractivity contribution in [3.05, 3.63) is 29.8 Å². The summed E-state index contributed by atoms with van der Waals surface area (Å²) in [6, 6.07) is 7.41. The maximum absolute atomic E-state index is 12.5. The Kier molecular flexibility index (Phi) is 3.79. The topological polar surface area (TPSA) is 64.7 Å². The highest BCUT2D eigenvalue weighted by molar-refractivity contribution is 5.97. The van der Waals surface area contributed by atoms with Gasteiger partial charge in [-0.2, -0.15) is 0 Å². The van der Waals surface area contributed by atoms with Crippen LogP contribution in [0.5, 0.6) is 0 Å². The van der Waals surface area contributed by atoms with E-state index in [4.69, 9.17) is 0 Å². The maximum atomic E-state index is 12.5. The number of anilines is 1. The molecule has 21 heavy (non-hydrogen) atoms. The van der Waals surface area contributed by atoms with Gasteiger partial charge in [0, 0.05) is 50.0 Å². The standard InChI is InChI=1S/C15H20N4O2/c1-11-10-16-6-8-18(11)14(20)12-2-4-13(5-3-12)19-9-7-17-15(19)21/h2-5,11,16H,6-10H2,1H3,(H,17,21)/t11-/m0/s1. The fourth-order valence-corrected chi connectivity index (χ4v) is 2.81. The number of nitrogens with one attached hydrogen (secondary N) is 2. The fourth-order valence-electron chi connectivity index (χ4n) is 2.81. The van der Waals surface area contributed by atoms with Gasteiger partial charge < -0.3 is 15.5 Å². The van der Waals surface area contributed by atoms with E-state index in [1.165, 1.54) is 0 Å². The van der Waals surface area contributed by atoms with E-state index in [2.05, 4.69) is 10.6 Å². The number of carbonyl (C=O) groups is 2. The Bertz CT molecular complexity index is 543. The van der Waals surface area contributed by atoms with Crippen molar-refractivity contribution in [2.75, 3.05) is 37.6 Å². The molecule has 1 aromatic rings. The minimum atomic E-state index is -0.0789. The van der Waals surface area contributed by atoms with Gasteiger partial charge in [0.15, 0.2) is 0 Å². The van der Waals surface area contributed by atoms with E-state index < -0.39 is 0 Å². The first-order chi connectivity index (χ1) is 10.2. The molecular formula is C15H20N4O2. The first-order valence-electron chi connectivity index (χ1n) is 7.34. The van der Waals surface area contributed by atoms with Gasteiger partial charge in [-0.25, -0.2) is 4.79 Å². The van der Waals surface area contributed by atoms with E-state index in [0.717, 1.165) is 25.3 Å². The zero-order chi connectivity index (χ0) is 14.8. The molecule has 3 amide bonds. The SMILES string of the molecule is C[C@H]1CNCCN1C(=O)c1ccc(N2CCNC2=O)cc1. The summed E-state index contributed by atoms with van der Waals surface area (Å²) in [7, 11) is 0. The molecule has 0 unspecified atom stereocenters. The van der Waals surface area contributed by atoms with Crippen LogP contribution in [-0.4, -0.2) is 55.6 Å². The summed E-state index contributed by atoms with van der Waals surface area (Å²) in [6.45, 7) is 5.78. The van der Waals surface area contributed by atoms with Gasteiger partial charge in [-0.1, -0.05) is 0 Å². The second-order valence-electron chi connectivity index (χ2n) is 5.48. The molecule has 1 aromatic carbocycles. The number of urea groups is 1. The van der Waals surface area contributed by atoms with Crippen LogP contribution in [0.3, 0.4) is 0 Å². The lowest BCUT2D eigenvalue weighted by Gasteiger charge is -2.34. The van der Waals surface area contributed by atoms with Gasteiger partial charge in [-0.15, -0.1) is 0 Å². The van der Waals surface area contributed by atoms with Crippen LogP contribution in [-0.2, 0) is 0 Å². The van der Waals surface area contributed by atoms with Crippen molar-refractivity contribution in [2.45, 2.75) is 13.0 Å². The van der Waals surface area contributed by atoms with Crippen molar-refractivity contribution in [1.29, 1.82) is 0 Å². The molecule has 2 N–H and O–H groups in total. The van der Waals surface area contributed by atoms with Crippen molar-refractivity contribution in [1.82, 2.24) is 15.5 Å². The average molecular weight is 288 g/mol. The molecule has 2 saturated heterocycles. The normalized spacial score (nSPS) is 22.3. The van der Waals surface area contributed by atoms with Crippen LogP contribution in [0.1, 0.15) is 17.3 Å². The largest absolute Gasteiger partial charge is 0.336 e. The number of hydrogen-bond donors (Lipinski definition) is 2. The molecular weight excluding hydrogens is 268 g/mol. The Labute approximate surface area is 124 Å². The van der Waals surface area contributed by atoms with Gasteiger partial charge in [-0.05, 0) is 31.2 Å². The summed E-state index contributed by atoms with van der Waals surface area (Å²) >= 11 is 0. The summed E-state index contributed by atoms with van der Waals surface area (Å²) in [4.78, 5) is 27.7. The van der Waals surface area contributed by atoms with E-state index in [-0.39, 0.29) is 18.0 Å². The van der Waals surface area contributed by atoms with Crippen molar-refractivity contribution in [2.24, 2.45) is 0 Å². The van der Waals surface area contributed by atoms with Gasteiger partial charge in [0.05, 0.1) is 0 Å². The number of rotatable bonds is 2. The molecule has 6 nitrogen and oxygen atoms in total. The Morgan fingerprint density at radius 3 is 2.57 bits per heavy atom. The zero-order valence-corrected chi connectivity index (χ0v) is 12.1. The summed E-state index contributed by atoms with van der Waals surface area (Å²) in [5.74, 6) is 0.0569. The zero-order valence-electron chi connectivity index (χ0n) is 12.1. The van der Waals surface area contributed by atoms with Crippen LogP contribution >= 0.6 is 0 Å². The van der Waals surface area contributed by atoms with Gasteiger partial charge in [0.1, 0.15) is 0 Å². The highest BCUT2D eigenvalue weighted by atomic mass is 16.2. The monoisotopic (exact) mass is 288 g/mol. The van der Waals surface area contributed by atoms with Crippen LogP contribution in [0.25, 0.3) is 0 Å². The summed E-state index contributed by atoms with van der Waals surface area (Å²) in [5.41, 5.74) is 1.50. The van der Waals surface area contributed by atoms with Crippen LogP contribution < -0.4 is 15.5 Å². The van der Waals surface area contributed by atoms with Crippen LogP contribution in [0.4, 0.5) is 10.5 Å². The minimum absolute atomic E-state index is 0.0569. The van der Waals surface area contributed by atoms with E-state index >= 15 is 0 Å². The van der Waals surface area contributed by atoms with Crippen molar-refractivity contribution in [3.8, 4) is 0 Å². The molecule has 2 fully saturated rings. The van der Waals surface area contributed by atoms with E-state index in [9.17, 15) is 9.59 Å². The molecule has 2 aliphatic rings. The van der Waals surface area contributed by atoms with Gasteiger partial charge in [-0.3, -0.25) is 9.69 Å². The predicted octanol–water partition coefficient (Wildman–Crippen LogP) is 0.650. The second-order valence-corrected chi connectivity index (χ2v) is 5.48. The molecule has 0 radical (unpaired) electrons. The first-order valence-corrected chi connectivity index (χ1v) is 7.34. The van der Waals surface area contributed by atoms with Crippen molar-refractivity contribution in [3.63, 3.8) is 0 Å². The molecule has 0 spiro atoms. The number of hydrogen-bond acceptors (Lipinski definition) is 3. The molecule has 3 rings (SSSR count). The van der Waals surface area contributed by atoms with Gasteiger partial charge >= 0.3 is 6.03 Å². The highest BCUT2D eigenvalue weighted by Crippen LogP contribution is 2.19. The Morgan fingerprint density at radius 1 is 1.19 bits per heavy atom. The highest BCUT2D eigenvalue weighted by Gasteiger charge is 2.25. The smallest absolute Gasteiger partial charge is 0.321 e. The number of carbonyl (C=O) groups excluding carboxylic acids is 2. The van der Waals surface area contributed by atoms with E-state index in [1.807, 2.05) is 24.0 Å². The molecule has 6 heteroatoms. The van der Waals surface area contributed by atoms with Crippen molar-refractivity contribution < 1.29 is 9.59 Å². The summed E-state index contributed by atoms with van der Waals surface area (Å²) in [6.07, 6.45) is 0. The van der Waals surface area contributed by atoms with Crippen LogP contribution in [0.15, 0.2) is 24.3 Å². The molecule has 2 aliphatic heterocycles. The lowest BCUT2D eigenvalue weighted by molar-refractivity contribution is 0.0656. The number of nitrogens with zero attached hydrogens (tertiary/aromatic N) is 2. The molecule has 1 atom stereocenters. The molecule has 2 heterocycles. The molecule has 112 valence electrons. The number of benzene rings is 1. The third-order valence-electron chi connectivity index (χ3n) is 4.04. The second kappa shape index (κ2) is 5.73. The molecule has 0 saturated carbocycles. The third kappa shape index (κ3) is 2.71. The Balaban J connectivity index is 1.74. The lowest BCUT2D eigenvalue weighted by atomic mass is 10.1. The molecule has 0 aromatic heterocycles. The average Bonchev–Trinajstić information content (AvgIpc) is 2.93. The van der Waals surface area contributed by atoms with Gasteiger partial charge in [0.2, 0.25) is 0 Å². The van der Waals surface area contributed by atoms with Crippen molar-refractivity contribution >= 4 is 17.6 Å². The minimum Gasteiger partial charge on any atom is -0.336 e. The van der Waals surface area contributed by atoms with Crippen LogP contribution in [0, 0.1) is 0 Å². The summed E-state index contributed by atoms with van der Waals surface area (Å²) in [5, 5.41) is 6.04. The van der Waals surface area contributed by atoms with Crippen LogP contribution in [0.2, 0.25) is 0 Å². The Morgan fingerprint density at radius 2 is 1.95 bits per heavy atom. The molecule has 0 bridgehead atoms.